The topological polar surface area (TPSA) is 222 Å². The van der Waals surface area contributed by atoms with E-state index in [0.717, 1.165) is 17.7 Å². The lowest BCUT2D eigenvalue weighted by Gasteiger charge is -2.40. The number of aliphatic hydroxyl groups is 3. The number of rotatable bonds is 7. The number of carbonyl (C=O) groups excluding carboxylic acids is 2. The van der Waals surface area contributed by atoms with Crippen molar-refractivity contribution in [1.82, 2.24) is 0 Å². The molecule has 4 bridgehead atoms. The Morgan fingerprint density at radius 3 is 2.15 bits per heavy atom. The zero-order valence-corrected chi connectivity index (χ0v) is 26.3. The summed E-state index contributed by atoms with van der Waals surface area (Å²) in [5, 5.41) is 72.1. The number of aromatic hydroxyl groups is 4. The third-order valence-corrected chi connectivity index (χ3v) is 8.46. The number of hydrogen-bond acceptors (Lipinski definition) is 14. The number of methoxy groups -OCH3 is 2. The number of carbonyl (C=O) groups is 2. The Labute approximate surface area is 275 Å². The smallest absolute Gasteiger partial charge is 0.338 e. The predicted octanol–water partition coefficient (Wildman–Crippen LogP) is 2.46. The highest BCUT2D eigenvalue weighted by molar-refractivity contribution is 5.91. The van der Waals surface area contributed by atoms with Gasteiger partial charge in [-0.3, -0.25) is 4.79 Å². The van der Waals surface area contributed by atoms with Crippen LogP contribution in [0.15, 0.2) is 36.4 Å². The Morgan fingerprint density at radius 2 is 1.46 bits per heavy atom. The van der Waals surface area contributed by atoms with Crippen LogP contribution in [0.4, 0.5) is 0 Å². The Hall–Kier alpha value is -4.76. The Morgan fingerprint density at radius 1 is 0.771 bits per heavy atom. The van der Waals surface area contributed by atoms with Crippen molar-refractivity contribution in [2.75, 3.05) is 20.8 Å². The molecule has 0 unspecified atom stereocenters. The van der Waals surface area contributed by atoms with E-state index in [0.29, 0.717) is 55.2 Å². The molecule has 3 aromatic carbocycles. The summed E-state index contributed by atoms with van der Waals surface area (Å²) in [6, 6.07) is 8.55. The summed E-state index contributed by atoms with van der Waals surface area (Å²) in [7, 11) is 2.78. The first kappa shape index (κ1) is 34.6. The maximum absolute atomic E-state index is 12.6. The van der Waals surface area contributed by atoms with E-state index >= 15 is 0 Å². The normalized spacial score (nSPS) is 22.9. The molecule has 14 nitrogen and oxygen atoms in total. The van der Waals surface area contributed by atoms with Crippen molar-refractivity contribution < 1.29 is 69.0 Å². The fourth-order valence-electron chi connectivity index (χ4n) is 5.81. The molecule has 0 aromatic heterocycles. The van der Waals surface area contributed by atoms with Gasteiger partial charge in [0.15, 0.2) is 28.7 Å². The molecule has 7 N–H and O–H groups in total. The van der Waals surface area contributed by atoms with Gasteiger partial charge in [-0.25, -0.2) is 4.79 Å². The molecule has 0 amide bonds. The van der Waals surface area contributed by atoms with Gasteiger partial charge >= 0.3 is 5.97 Å². The van der Waals surface area contributed by atoms with Crippen LogP contribution >= 0.6 is 0 Å². The van der Waals surface area contributed by atoms with Crippen LogP contribution in [0, 0.1) is 0 Å². The van der Waals surface area contributed by atoms with Crippen molar-refractivity contribution in [3.05, 3.63) is 53.1 Å². The van der Waals surface area contributed by atoms with Crippen molar-refractivity contribution in [2.24, 2.45) is 0 Å². The van der Waals surface area contributed by atoms with Crippen LogP contribution in [0.2, 0.25) is 0 Å². The second-order valence-electron chi connectivity index (χ2n) is 11.7. The Kier molecular flexibility index (Phi) is 10.5. The minimum Gasteiger partial charge on any atom is -0.507 e. The monoisotopic (exact) mass is 670 g/mol. The van der Waals surface area contributed by atoms with Crippen molar-refractivity contribution in [2.45, 2.75) is 69.2 Å². The number of Topliss-reactive ketones (excluding diaryl/α,β-unsaturated/α-hetero) is 1. The lowest BCUT2D eigenvalue weighted by molar-refractivity contribution is -0.277. The van der Waals surface area contributed by atoms with Crippen LogP contribution < -0.4 is 14.2 Å². The van der Waals surface area contributed by atoms with Gasteiger partial charge in [-0.2, -0.15) is 0 Å². The summed E-state index contributed by atoms with van der Waals surface area (Å²) in [4.78, 5) is 25.2. The first-order chi connectivity index (χ1) is 22.9. The molecule has 0 spiro atoms. The minimum atomic E-state index is -1.81. The second-order valence-corrected chi connectivity index (χ2v) is 11.7. The Bertz CT molecular complexity index is 1650. The summed E-state index contributed by atoms with van der Waals surface area (Å²) in [5.41, 5.74) is 1.99. The number of phenolic OH excluding ortho intramolecular Hbond substituents is 4. The molecule has 1 fully saturated rings. The van der Waals surface area contributed by atoms with Gasteiger partial charge in [0.25, 0.3) is 0 Å². The maximum atomic E-state index is 12.6. The lowest BCUT2D eigenvalue weighted by atomic mass is 9.95. The summed E-state index contributed by atoms with van der Waals surface area (Å²) < 4.78 is 28.6. The lowest BCUT2D eigenvalue weighted by Crippen LogP contribution is -2.60. The van der Waals surface area contributed by atoms with Crippen LogP contribution in [0.5, 0.6) is 40.2 Å². The molecule has 5 rings (SSSR count). The highest BCUT2D eigenvalue weighted by Crippen LogP contribution is 2.50. The molecule has 14 heteroatoms. The zero-order valence-electron chi connectivity index (χ0n) is 26.3. The number of aliphatic hydroxyl groups excluding tert-OH is 3. The van der Waals surface area contributed by atoms with Gasteiger partial charge in [0, 0.05) is 24.0 Å². The van der Waals surface area contributed by atoms with Crippen LogP contribution in [0.3, 0.4) is 0 Å². The fraction of sp³-hybridized carbons (Fsp3) is 0.412. The van der Waals surface area contributed by atoms with Gasteiger partial charge in [-0.05, 0) is 67.1 Å². The fourth-order valence-corrected chi connectivity index (χ4v) is 5.81. The van der Waals surface area contributed by atoms with E-state index in [2.05, 4.69) is 0 Å². The van der Waals surface area contributed by atoms with Gasteiger partial charge < -0.3 is 59.4 Å². The first-order valence-electron chi connectivity index (χ1n) is 15.3. The van der Waals surface area contributed by atoms with E-state index in [4.69, 9.17) is 23.7 Å². The third kappa shape index (κ3) is 7.06. The van der Waals surface area contributed by atoms with E-state index in [9.17, 15) is 45.3 Å². The van der Waals surface area contributed by atoms with Crippen molar-refractivity contribution in [3.8, 4) is 51.4 Å². The molecule has 0 radical (unpaired) electrons. The summed E-state index contributed by atoms with van der Waals surface area (Å²) in [6.45, 7) is -0.651. The van der Waals surface area contributed by atoms with Crippen LogP contribution in [-0.4, -0.2) is 99.0 Å². The number of esters is 1. The van der Waals surface area contributed by atoms with Crippen molar-refractivity contribution in [1.29, 1.82) is 0 Å². The highest BCUT2D eigenvalue weighted by Gasteiger charge is 2.46. The second kappa shape index (κ2) is 14.6. The van der Waals surface area contributed by atoms with Crippen molar-refractivity contribution in [3.63, 3.8) is 0 Å². The van der Waals surface area contributed by atoms with Gasteiger partial charge in [0.05, 0.1) is 19.8 Å². The predicted molar refractivity (Wildman–Crippen MR) is 167 cm³/mol. The quantitative estimate of drug-likeness (QED) is 0.142. The minimum absolute atomic E-state index is 0.0295. The molecule has 3 aromatic rings. The SMILES string of the molecule is COc1c2cc(c(O[C@H]3O[C@@H](COC(=O)c4cc(O)c(O)c(O)c4)[C@H](O)[C@@H](O)[C@@H]3O)c1OC)CCCCC(=O)CCc1ccc(O)c-2c1. The number of hydrogen-bond donors (Lipinski definition) is 7. The van der Waals surface area contributed by atoms with Gasteiger partial charge in [-0.1, -0.05) is 6.07 Å². The standard InChI is InChI=1S/C34H38O14/c1-44-31-21-12-17(5-3-4-6-19(35)9-7-16-8-10-22(36)20(21)11-16)30(32(31)45-2)48-34-29(42)28(41)27(40)25(47-34)15-46-33(43)18-13-23(37)26(39)24(38)14-18/h8,10-14,25,27-29,34,36-42H,3-7,9,15H2,1-2H3/t25-,27-,28+,29-,34+/m0/s1. The number of phenols is 4. The Balaban J connectivity index is 1.47. The number of aryl methyl sites for hydroxylation is 2. The van der Waals surface area contributed by atoms with Crippen LogP contribution in [-0.2, 0) is 27.1 Å². The average molecular weight is 671 g/mol. The molecule has 1 saturated heterocycles. The van der Waals surface area contributed by atoms with E-state index in [1.807, 2.05) is 0 Å². The van der Waals surface area contributed by atoms with Crippen LogP contribution in [0.1, 0.15) is 47.2 Å². The summed E-state index contributed by atoms with van der Waals surface area (Å²) in [6.07, 6.45) is -5.60. The number of benzene rings is 3. The number of ketones is 1. The van der Waals surface area contributed by atoms with Gasteiger partial charge in [0.2, 0.25) is 12.0 Å². The molecular formula is C34H38O14. The first-order valence-corrected chi connectivity index (χ1v) is 15.3. The van der Waals surface area contributed by atoms with Crippen molar-refractivity contribution >= 4 is 11.8 Å². The van der Waals surface area contributed by atoms with Gasteiger partial charge in [-0.15, -0.1) is 0 Å². The molecule has 0 saturated carbocycles. The molecule has 2 aliphatic rings. The van der Waals surface area contributed by atoms with E-state index in [-0.39, 0.29) is 34.3 Å². The molecule has 1 heterocycles. The highest BCUT2D eigenvalue weighted by atomic mass is 16.7. The maximum Gasteiger partial charge on any atom is 0.338 e. The van der Waals surface area contributed by atoms with E-state index in [1.54, 1.807) is 24.3 Å². The molecule has 1 aliphatic carbocycles. The van der Waals surface area contributed by atoms with E-state index in [1.165, 1.54) is 14.2 Å². The molecule has 1 aliphatic heterocycles. The largest absolute Gasteiger partial charge is 0.507 e. The van der Waals surface area contributed by atoms with Crippen LogP contribution in [0.25, 0.3) is 11.1 Å². The number of fused-ring (bicyclic) bond motifs is 5. The molecule has 48 heavy (non-hydrogen) atoms. The zero-order chi connectivity index (χ0) is 34.7. The summed E-state index contributed by atoms with van der Waals surface area (Å²) >= 11 is 0. The average Bonchev–Trinajstić information content (AvgIpc) is 3.08. The third-order valence-electron chi connectivity index (χ3n) is 8.46. The summed E-state index contributed by atoms with van der Waals surface area (Å²) in [5.74, 6) is -2.99. The van der Waals surface area contributed by atoms with Gasteiger partial charge in [0.1, 0.15) is 42.6 Å². The molecule has 5 atom stereocenters. The molecular weight excluding hydrogens is 632 g/mol. The number of ether oxygens (including phenoxy) is 5. The molecule has 258 valence electrons. The van der Waals surface area contributed by atoms with E-state index < -0.39 is 60.5 Å².